The van der Waals surface area contributed by atoms with Crippen molar-refractivity contribution < 1.29 is 9.90 Å². The number of likely N-dealkylation sites (tertiary alicyclic amines) is 1. The number of aromatic nitrogens is 2. The Morgan fingerprint density at radius 1 is 1.67 bits per heavy atom. The molecule has 2 rings (SSSR count). The number of aromatic amines is 1. The third-order valence-corrected chi connectivity index (χ3v) is 2.94. The van der Waals surface area contributed by atoms with Crippen LogP contribution in [-0.4, -0.2) is 32.8 Å². The average Bonchev–Trinajstić information content (AvgIpc) is 2.70. The summed E-state index contributed by atoms with van der Waals surface area (Å²) >= 11 is 0. The number of hydrogen-bond acceptors (Lipinski definition) is 2. The highest BCUT2D eigenvalue weighted by Gasteiger charge is 2.31. The Balaban J connectivity index is 2.19. The van der Waals surface area contributed by atoms with Gasteiger partial charge in [-0.15, -0.1) is 0 Å². The molecule has 82 valence electrons. The van der Waals surface area contributed by atoms with Crippen LogP contribution in [0.5, 0.6) is 0 Å². The minimum absolute atomic E-state index is 0.0544. The molecule has 2 N–H and O–H groups in total. The Bertz CT molecular complexity index is 336. The second-order valence-corrected chi connectivity index (χ2v) is 4.15. The number of carbonyl (C=O) groups is 1. The fourth-order valence-electron chi connectivity index (χ4n) is 2.14. The number of carboxylic acid groups (broad SMARTS) is 1. The van der Waals surface area contributed by atoms with E-state index in [0.717, 1.165) is 18.5 Å². The molecule has 2 heterocycles. The molecule has 1 aromatic heterocycles. The second kappa shape index (κ2) is 3.92. The Kier molecular flexibility index (Phi) is 2.62. The third-order valence-electron chi connectivity index (χ3n) is 2.94. The van der Waals surface area contributed by atoms with Crippen LogP contribution < -0.4 is 0 Å². The lowest BCUT2D eigenvalue weighted by Gasteiger charge is -2.36. The molecule has 1 fully saturated rings. The van der Waals surface area contributed by atoms with E-state index < -0.39 is 6.09 Å². The van der Waals surface area contributed by atoms with Gasteiger partial charge in [-0.3, -0.25) is 10.00 Å². The van der Waals surface area contributed by atoms with Crippen molar-refractivity contribution in [2.24, 2.45) is 5.92 Å². The molecule has 15 heavy (non-hydrogen) atoms. The summed E-state index contributed by atoms with van der Waals surface area (Å²) in [5, 5.41) is 15.8. The van der Waals surface area contributed by atoms with Crippen molar-refractivity contribution in [3.63, 3.8) is 0 Å². The van der Waals surface area contributed by atoms with Crippen molar-refractivity contribution in [3.8, 4) is 0 Å². The predicted octanol–water partition coefficient (Wildman–Crippen LogP) is 1.86. The number of rotatable bonds is 1. The highest BCUT2D eigenvalue weighted by atomic mass is 16.4. The SMILES string of the molecule is C[C@H]1CC[C@H](c2ccn[nH]2)N(C(=O)O)C1. The van der Waals surface area contributed by atoms with Crippen LogP contribution >= 0.6 is 0 Å². The van der Waals surface area contributed by atoms with E-state index in [1.165, 1.54) is 4.90 Å². The van der Waals surface area contributed by atoms with Gasteiger partial charge < -0.3 is 5.11 Å². The van der Waals surface area contributed by atoms with E-state index in [9.17, 15) is 4.79 Å². The van der Waals surface area contributed by atoms with E-state index in [4.69, 9.17) is 5.11 Å². The maximum absolute atomic E-state index is 11.1. The zero-order valence-corrected chi connectivity index (χ0v) is 8.68. The molecule has 1 saturated heterocycles. The highest BCUT2D eigenvalue weighted by Crippen LogP contribution is 2.31. The molecule has 0 bridgehead atoms. The topological polar surface area (TPSA) is 69.2 Å². The van der Waals surface area contributed by atoms with Gasteiger partial charge in [0.25, 0.3) is 0 Å². The van der Waals surface area contributed by atoms with Gasteiger partial charge in [0.15, 0.2) is 0 Å². The summed E-state index contributed by atoms with van der Waals surface area (Å²) in [6, 6.07) is 1.79. The highest BCUT2D eigenvalue weighted by molar-refractivity contribution is 5.65. The van der Waals surface area contributed by atoms with Crippen LogP contribution in [-0.2, 0) is 0 Å². The van der Waals surface area contributed by atoms with Crippen LogP contribution in [0, 0.1) is 5.92 Å². The fourth-order valence-corrected chi connectivity index (χ4v) is 2.14. The quantitative estimate of drug-likeness (QED) is 0.741. The Morgan fingerprint density at radius 3 is 3.07 bits per heavy atom. The van der Waals surface area contributed by atoms with Gasteiger partial charge in [0, 0.05) is 12.7 Å². The van der Waals surface area contributed by atoms with Crippen LogP contribution in [0.1, 0.15) is 31.5 Å². The van der Waals surface area contributed by atoms with Crippen molar-refractivity contribution >= 4 is 6.09 Å². The van der Waals surface area contributed by atoms with E-state index >= 15 is 0 Å². The van der Waals surface area contributed by atoms with Gasteiger partial charge in [-0.2, -0.15) is 5.10 Å². The zero-order valence-electron chi connectivity index (χ0n) is 8.68. The van der Waals surface area contributed by atoms with Gasteiger partial charge in [0.1, 0.15) is 0 Å². The third kappa shape index (κ3) is 1.95. The van der Waals surface area contributed by atoms with E-state index in [2.05, 4.69) is 17.1 Å². The lowest BCUT2D eigenvalue weighted by Crippen LogP contribution is -2.40. The first-order chi connectivity index (χ1) is 7.18. The molecular weight excluding hydrogens is 194 g/mol. The summed E-state index contributed by atoms with van der Waals surface area (Å²) < 4.78 is 0. The summed E-state index contributed by atoms with van der Waals surface area (Å²) in [5.41, 5.74) is 0.893. The van der Waals surface area contributed by atoms with Gasteiger partial charge in [-0.05, 0) is 24.8 Å². The van der Waals surface area contributed by atoms with Crippen LogP contribution in [0.4, 0.5) is 4.79 Å². The standard InChI is InChI=1S/C10H15N3O2/c1-7-2-3-9(8-4-5-11-12-8)13(6-7)10(14)15/h4-5,7,9H,2-3,6H2,1H3,(H,11,12)(H,14,15)/t7-,9+/m0/s1. The van der Waals surface area contributed by atoms with Gasteiger partial charge >= 0.3 is 6.09 Å². The summed E-state index contributed by atoms with van der Waals surface area (Å²) in [5.74, 6) is 0.445. The molecule has 0 saturated carbocycles. The second-order valence-electron chi connectivity index (χ2n) is 4.15. The molecule has 0 unspecified atom stereocenters. The lowest BCUT2D eigenvalue weighted by molar-refractivity contribution is 0.0885. The molecule has 0 spiro atoms. The van der Waals surface area contributed by atoms with Crippen molar-refractivity contribution in [2.45, 2.75) is 25.8 Å². The monoisotopic (exact) mass is 209 g/mol. The van der Waals surface area contributed by atoms with Crippen molar-refractivity contribution in [1.82, 2.24) is 15.1 Å². The van der Waals surface area contributed by atoms with Gasteiger partial charge in [-0.25, -0.2) is 4.79 Å². The normalized spacial score (nSPS) is 26.6. The number of nitrogens with one attached hydrogen (secondary N) is 1. The van der Waals surface area contributed by atoms with Crippen molar-refractivity contribution in [2.75, 3.05) is 6.54 Å². The Hall–Kier alpha value is -1.52. The minimum Gasteiger partial charge on any atom is -0.465 e. The summed E-state index contributed by atoms with van der Waals surface area (Å²) in [6.07, 6.45) is 2.75. The smallest absolute Gasteiger partial charge is 0.407 e. The van der Waals surface area contributed by atoms with Gasteiger partial charge in [0.05, 0.1) is 11.7 Å². The molecule has 5 heteroatoms. The lowest BCUT2D eigenvalue weighted by atomic mass is 9.93. The number of amides is 1. The first kappa shape index (κ1) is 10.0. The average molecular weight is 209 g/mol. The molecule has 0 aromatic carbocycles. The summed E-state index contributed by atoms with van der Waals surface area (Å²) in [4.78, 5) is 12.6. The largest absolute Gasteiger partial charge is 0.465 e. The predicted molar refractivity (Wildman–Crippen MR) is 54.5 cm³/mol. The zero-order chi connectivity index (χ0) is 10.8. The number of H-pyrrole nitrogens is 1. The molecular formula is C10H15N3O2. The van der Waals surface area contributed by atoms with Gasteiger partial charge in [0.2, 0.25) is 0 Å². The summed E-state index contributed by atoms with van der Waals surface area (Å²) in [6.45, 7) is 2.69. The maximum Gasteiger partial charge on any atom is 0.407 e. The molecule has 2 atom stereocenters. The Labute approximate surface area is 88.1 Å². The molecule has 0 radical (unpaired) electrons. The number of piperidine rings is 1. The molecule has 1 aromatic rings. The molecule has 1 amide bonds. The summed E-state index contributed by atoms with van der Waals surface area (Å²) in [7, 11) is 0. The first-order valence-electron chi connectivity index (χ1n) is 5.17. The fraction of sp³-hybridized carbons (Fsp3) is 0.600. The molecule has 0 aliphatic carbocycles. The van der Waals surface area contributed by atoms with Crippen LogP contribution in [0.15, 0.2) is 12.3 Å². The van der Waals surface area contributed by atoms with Crippen molar-refractivity contribution in [1.29, 1.82) is 0 Å². The Morgan fingerprint density at radius 2 is 2.47 bits per heavy atom. The van der Waals surface area contributed by atoms with E-state index in [1.54, 1.807) is 6.20 Å². The molecule has 1 aliphatic rings. The molecule has 1 aliphatic heterocycles. The van der Waals surface area contributed by atoms with E-state index in [1.807, 2.05) is 6.07 Å². The van der Waals surface area contributed by atoms with Crippen LogP contribution in [0.3, 0.4) is 0 Å². The van der Waals surface area contributed by atoms with E-state index in [-0.39, 0.29) is 6.04 Å². The van der Waals surface area contributed by atoms with E-state index in [0.29, 0.717) is 12.5 Å². The first-order valence-corrected chi connectivity index (χ1v) is 5.17. The van der Waals surface area contributed by atoms with Crippen molar-refractivity contribution in [3.05, 3.63) is 18.0 Å². The minimum atomic E-state index is -0.846. The van der Waals surface area contributed by atoms with Gasteiger partial charge in [-0.1, -0.05) is 6.92 Å². The van der Waals surface area contributed by atoms with Crippen LogP contribution in [0.2, 0.25) is 0 Å². The number of nitrogens with zero attached hydrogens (tertiary/aromatic N) is 2. The molecule has 5 nitrogen and oxygen atoms in total. The maximum atomic E-state index is 11.1. The van der Waals surface area contributed by atoms with Crippen LogP contribution in [0.25, 0.3) is 0 Å². The number of hydrogen-bond donors (Lipinski definition) is 2.